The van der Waals surface area contributed by atoms with Crippen molar-refractivity contribution in [2.45, 2.75) is 45.2 Å². The maximum atomic E-state index is 13.4. The van der Waals surface area contributed by atoms with Crippen molar-refractivity contribution in [3.63, 3.8) is 0 Å². The Balaban J connectivity index is 2.13. The third kappa shape index (κ3) is 2.44. The van der Waals surface area contributed by atoms with Gasteiger partial charge >= 0.3 is 5.69 Å². The number of nitrogens with zero attached hydrogens (tertiary/aromatic N) is 4. The quantitative estimate of drug-likeness (QED) is 0.680. The van der Waals surface area contributed by atoms with Gasteiger partial charge in [0.15, 0.2) is 11.2 Å². The maximum absolute atomic E-state index is 13.4. The normalized spacial score (nSPS) is 15.0. The van der Waals surface area contributed by atoms with Crippen LogP contribution in [0.3, 0.4) is 0 Å². The lowest BCUT2D eigenvalue weighted by molar-refractivity contribution is 0.474. The highest BCUT2D eigenvalue weighted by Crippen LogP contribution is 2.28. The number of hydrogen-bond donors (Lipinski definition) is 0. The zero-order chi connectivity index (χ0) is 18.3. The van der Waals surface area contributed by atoms with Crippen molar-refractivity contribution in [1.29, 1.82) is 0 Å². The molecule has 0 spiro atoms. The Bertz CT molecular complexity index is 1100. The SMILES string of the molecule is C=CCn1cnc2c1c(=O)n(C1CCCC1)c(=O)n2-c1ccccc1C. The minimum atomic E-state index is -0.299. The Morgan fingerprint density at radius 2 is 1.96 bits per heavy atom. The summed E-state index contributed by atoms with van der Waals surface area (Å²) < 4.78 is 4.80. The standard InChI is InChI=1S/C20H22N4O2/c1-3-12-22-13-21-18-17(22)19(25)23(15-9-5-6-10-15)20(26)24(18)16-11-7-4-8-14(16)2/h3-4,7-8,11,13,15H,1,5-6,9-10,12H2,2H3. The van der Waals surface area contributed by atoms with Gasteiger partial charge in [-0.15, -0.1) is 6.58 Å². The molecule has 2 aromatic heterocycles. The van der Waals surface area contributed by atoms with E-state index in [2.05, 4.69) is 11.6 Å². The van der Waals surface area contributed by atoms with Crippen LogP contribution >= 0.6 is 0 Å². The molecule has 0 aliphatic heterocycles. The van der Waals surface area contributed by atoms with Gasteiger partial charge in [-0.05, 0) is 31.4 Å². The van der Waals surface area contributed by atoms with Gasteiger partial charge in [0.25, 0.3) is 5.56 Å². The summed E-state index contributed by atoms with van der Waals surface area (Å²) in [6, 6.07) is 7.64. The first kappa shape index (κ1) is 16.6. The first-order chi connectivity index (χ1) is 12.6. The monoisotopic (exact) mass is 350 g/mol. The minimum absolute atomic E-state index is 0.0400. The predicted molar refractivity (Wildman–Crippen MR) is 102 cm³/mol. The van der Waals surface area contributed by atoms with Crippen LogP contribution in [0.15, 0.2) is 52.8 Å². The number of fused-ring (bicyclic) bond motifs is 1. The van der Waals surface area contributed by atoms with Crippen LogP contribution in [0.25, 0.3) is 16.9 Å². The molecule has 0 bridgehead atoms. The van der Waals surface area contributed by atoms with E-state index in [0.29, 0.717) is 17.7 Å². The Kier molecular flexibility index (Phi) is 4.11. The van der Waals surface area contributed by atoms with Crippen molar-refractivity contribution in [3.8, 4) is 5.69 Å². The molecule has 0 radical (unpaired) electrons. The van der Waals surface area contributed by atoms with Crippen LogP contribution in [0, 0.1) is 6.92 Å². The fraction of sp³-hybridized carbons (Fsp3) is 0.350. The molecule has 0 amide bonds. The molecule has 1 saturated carbocycles. The number of aromatic nitrogens is 4. The smallest absolute Gasteiger partial charge is 0.321 e. The topological polar surface area (TPSA) is 61.8 Å². The summed E-state index contributed by atoms with van der Waals surface area (Å²) in [5.41, 5.74) is 2.04. The molecule has 2 heterocycles. The van der Waals surface area contributed by atoms with E-state index >= 15 is 0 Å². The number of para-hydroxylation sites is 1. The van der Waals surface area contributed by atoms with E-state index in [1.807, 2.05) is 31.2 Å². The first-order valence-corrected chi connectivity index (χ1v) is 9.02. The molecule has 0 atom stereocenters. The highest BCUT2D eigenvalue weighted by atomic mass is 16.2. The van der Waals surface area contributed by atoms with Crippen LogP contribution in [-0.2, 0) is 6.54 Å². The van der Waals surface area contributed by atoms with Crippen molar-refractivity contribution in [2.75, 3.05) is 0 Å². The minimum Gasteiger partial charge on any atom is -0.321 e. The summed E-state index contributed by atoms with van der Waals surface area (Å²) in [6.07, 6.45) is 7.16. The molecule has 0 N–H and O–H groups in total. The molecular formula is C20H22N4O2. The first-order valence-electron chi connectivity index (χ1n) is 9.02. The summed E-state index contributed by atoms with van der Waals surface area (Å²) in [5.74, 6) is 0. The van der Waals surface area contributed by atoms with E-state index in [1.165, 1.54) is 4.57 Å². The zero-order valence-electron chi connectivity index (χ0n) is 14.9. The van der Waals surface area contributed by atoms with E-state index in [0.717, 1.165) is 36.9 Å². The molecule has 1 fully saturated rings. The molecule has 4 rings (SSSR count). The van der Waals surface area contributed by atoms with Crippen molar-refractivity contribution in [2.24, 2.45) is 0 Å². The highest BCUT2D eigenvalue weighted by Gasteiger charge is 2.26. The van der Waals surface area contributed by atoms with Gasteiger partial charge in [0.05, 0.1) is 12.0 Å². The fourth-order valence-corrected chi connectivity index (χ4v) is 3.95. The number of rotatable bonds is 4. The van der Waals surface area contributed by atoms with Crippen LogP contribution in [0.5, 0.6) is 0 Å². The van der Waals surface area contributed by atoms with E-state index in [9.17, 15) is 9.59 Å². The summed E-state index contributed by atoms with van der Waals surface area (Å²) in [5, 5.41) is 0. The second-order valence-electron chi connectivity index (χ2n) is 6.88. The van der Waals surface area contributed by atoms with Gasteiger partial charge in [0, 0.05) is 12.6 Å². The van der Waals surface area contributed by atoms with Crippen LogP contribution in [0.4, 0.5) is 0 Å². The number of hydrogen-bond acceptors (Lipinski definition) is 3. The Labute approximate surface area is 151 Å². The Morgan fingerprint density at radius 1 is 1.23 bits per heavy atom. The highest BCUT2D eigenvalue weighted by molar-refractivity contribution is 5.73. The molecule has 0 unspecified atom stereocenters. The Morgan fingerprint density at radius 3 is 2.65 bits per heavy atom. The van der Waals surface area contributed by atoms with Crippen LogP contribution in [-0.4, -0.2) is 18.7 Å². The third-order valence-corrected chi connectivity index (χ3v) is 5.22. The molecule has 1 aliphatic rings. The molecule has 134 valence electrons. The third-order valence-electron chi connectivity index (χ3n) is 5.22. The lowest BCUT2D eigenvalue weighted by atomic mass is 10.2. The van der Waals surface area contributed by atoms with E-state index in [1.54, 1.807) is 21.5 Å². The average Bonchev–Trinajstić information content (AvgIpc) is 3.28. The predicted octanol–water partition coefficient (Wildman–Crippen LogP) is 2.96. The number of imidazole rings is 1. The zero-order valence-corrected chi connectivity index (χ0v) is 14.9. The van der Waals surface area contributed by atoms with Crippen LogP contribution in [0.1, 0.15) is 37.3 Å². The fourth-order valence-electron chi connectivity index (χ4n) is 3.95. The number of allylic oxidation sites excluding steroid dienone is 1. The van der Waals surface area contributed by atoms with Crippen molar-refractivity contribution < 1.29 is 0 Å². The van der Waals surface area contributed by atoms with E-state index < -0.39 is 0 Å². The molecule has 6 nitrogen and oxygen atoms in total. The molecule has 1 aliphatic carbocycles. The van der Waals surface area contributed by atoms with Gasteiger partial charge in [-0.2, -0.15) is 0 Å². The second-order valence-corrected chi connectivity index (χ2v) is 6.88. The molecule has 3 aromatic rings. The van der Waals surface area contributed by atoms with Crippen LogP contribution < -0.4 is 11.2 Å². The van der Waals surface area contributed by atoms with E-state index in [-0.39, 0.29) is 17.3 Å². The Hall–Kier alpha value is -2.89. The summed E-state index contributed by atoms with van der Waals surface area (Å²) in [4.78, 5) is 31.0. The van der Waals surface area contributed by atoms with Gasteiger partial charge in [-0.25, -0.2) is 14.3 Å². The van der Waals surface area contributed by atoms with Crippen molar-refractivity contribution >= 4 is 11.2 Å². The van der Waals surface area contributed by atoms with Gasteiger partial charge in [0.1, 0.15) is 0 Å². The second kappa shape index (κ2) is 6.44. The van der Waals surface area contributed by atoms with E-state index in [4.69, 9.17) is 0 Å². The maximum Gasteiger partial charge on any atom is 0.337 e. The average molecular weight is 350 g/mol. The molecule has 6 heteroatoms. The molecule has 1 aromatic carbocycles. The van der Waals surface area contributed by atoms with Gasteiger partial charge in [-0.1, -0.05) is 37.1 Å². The lowest BCUT2D eigenvalue weighted by Crippen LogP contribution is -2.42. The largest absolute Gasteiger partial charge is 0.337 e. The number of aryl methyl sites for hydroxylation is 1. The summed E-state index contributed by atoms with van der Waals surface area (Å²) >= 11 is 0. The van der Waals surface area contributed by atoms with Crippen LogP contribution in [0.2, 0.25) is 0 Å². The summed E-state index contributed by atoms with van der Waals surface area (Å²) in [7, 11) is 0. The van der Waals surface area contributed by atoms with Gasteiger partial charge in [-0.3, -0.25) is 9.36 Å². The molecule has 26 heavy (non-hydrogen) atoms. The number of benzene rings is 1. The van der Waals surface area contributed by atoms with Gasteiger partial charge in [0.2, 0.25) is 0 Å². The lowest BCUT2D eigenvalue weighted by Gasteiger charge is -2.17. The molecule has 0 saturated heterocycles. The van der Waals surface area contributed by atoms with Crippen molar-refractivity contribution in [3.05, 3.63) is 69.6 Å². The van der Waals surface area contributed by atoms with Gasteiger partial charge < -0.3 is 4.57 Å². The summed E-state index contributed by atoms with van der Waals surface area (Å²) in [6.45, 7) is 6.19. The van der Waals surface area contributed by atoms with Crippen molar-refractivity contribution in [1.82, 2.24) is 18.7 Å². The molecular weight excluding hydrogens is 328 g/mol.